The van der Waals surface area contributed by atoms with Crippen LogP contribution in [-0.4, -0.2) is 10.8 Å². The number of nitrogens with zero attached hydrogens (tertiary/aromatic N) is 1. The summed E-state index contributed by atoms with van der Waals surface area (Å²) in [6.45, 7) is 5.91. The van der Waals surface area contributed by atoms with Crippen molar-refractivity contribution in [1.82, 2.24) is 4.98 Å². The van der Waals surface area contributed by atoms with Crippen molar-refractivity contribution >= 4 is 21.7 Å². The molecule has 0 aliphatic carbocycles. The number of halogens is 1. The first-order valence-electron chi connectivity index (χ1n) is 4.68. The fraction of sp³-hybridized carbons (Fsp3) is 0.455. The van der Waals surface area contributed by atoms with Gasteiger partial charge in [-0.3, -0.25) is 9.78 Å². The molecule has 0 aliphatic rings. The van der Waals surface area contributed by atoms with Crippen LogP contribution in [-0.2, 0) is 11.2 Å². The standard InChI is InChI=1S/C11H14BrNO/c1-4-9(14)5-11-8(3)7(2)10(12)6-13-11/h6H,4-5H2,1-3H3. The van der Waals surface area contributed by atoms with Gasteiger partial charge in [-0.05, 0) is 40.9 Å². The minimum atomic E-state index is 0.238. The molecule has 0 fully saturated rings. The Morgan fingerprint density at radius 2 is 2.07 bits per heavy atom. The normalized spacial score (nSPS) is 10.3. The van der Waals surface area contributed by atoms with E-state index in [1.54, 1.807) is 6.20 Å². The fourth-order valence-electron chi connectivity index (χ4n) is 1.21. The van der Waals surface area contributed by atoms with Crippen LogP contribution in [0.15, 0.2) is 10.7 Å². The third-order valence-corrected chi connectivity index (χ3v) is 3.25. The maximum absolute atomic E-state index is 11.3. The van der Waals surface area contributed by atoms with E-state index in [-0.39, 0.29) is 5.78 Å². The van der Waals surface area contributed by atoms with Crippen molar-refractivity contribution in [2.24, 2.45) is 0 Å². The SMILES string of the molecule is CCC(=O)Cc1ncc(Br)c(C)c1C. The van der Waals surface area contributed by atoms with Crippen molar-refractivity contribution in [2.75, 3.05) is 0 Å². The Labute approximate surface area is 92.9 Å². The van der Waals surface area contributed by atoms with E-state index >= 15 is 0 Å². The lowest BCUT2D eigenvalue weighted by Crippen LogP contribution is -2.05. The second-order valence-corrected chi connectivity index (χ2v) is 4.23. The van der Waals surface area contributed by atoms with Gasteiger partial charge in [0, 0.05) is 23.5 Å². The predicted octanol–water partition coefficient (Wildman–Crippen LogP) is 2.98. The van der Waals surface area contributed by atoms with Gasteiger partial charge in [-0.1, -0.05) is 6.92 Å². The zero-order chi connectivity index (χ0) is 10.7. The minimum Gasteiger partial charge on any atom is -0.299 e. The molecule has 0 saturated heterocycles. The Morgan fingerprint density at radius 1 is 1.43 bits per heavy atom. The highest BCUT2D eigenvalue weighted by atomic mass is 79.9. The predicted molar refractivity (Wildman–Crippen MR) is 60.4 cm³/mol. The highest BCUT2D eigenvalue weighted by Crippen LogP contribution is 2.20. The van der Waals surface area contributed by atoms with Crippen LogP contribution in [0.3, 0.4) is 0 Å². The molecule has 0 atom stereocenters. The molecule has 0 aliphatic heterocycles. The number of aromatic nitrogens is 1. The maximum atomic E-state index is 11.3. The Bertz CT molecular complexity index is 361. The van der Waals surface area contributed by atoms with E-state index in [2.05, 4.69) is 20.9 Å². The Kier molecular flexibility index (Phi) is 3.81. The molecule has 76 valence electrons. The Balaban J connectivity index is 3.00. The van der Waals surface area contributed by atoms with Crippen LogP contribution >= 0.6 is 15.9 Å². The van der Waals surface area contributed by atoms with Crippen molar-refractivity contribution < 1.29 is 4.79 Å². The van der Waals surface area contributed by atoms with Crippen LogP contribution < -0.4 is 0 Å². The van der Waals surface area contributed by atoms with Gasteiger partial charge in [0.2, 0.25) is 0 Å². The summed E-state index contributed by atoms with van der Waals surface area (Å²) in [5, 5.41) is 0. The molecular weight excluding hydrogens is 242 g/mol. The molecule has 2 nitrogen and oxygen atoms in total. The topological polar surface area (TPSA) is 30.0 Å². The first-order chi connectivity index (χ1) is 6.56. The number of Topliss-reactive ketones (excluding diaryl/α,β-unsaturated/α-hetero) is 1. The molecule has 0 spiro atoms. The molecule has 0 saturated carbocycles. The molecule has 1 aromatic rings. The monoisotopic (exact) mass is 255 g/mol. The van der Waals surface area contributed by atoms with Crippen LogP contribution in [0.2, 0.25) is 0 Å². The summed E-state index contributed by atoms with van der Waals surface area (Å²) in [5.41, 5.74) is 3.18. The van der Waals surface area contributed by atoms with E-state index in [1.807, 2.05) is 20.8 Å². The Hall–Kier alpha value is -0.700. The van der Waals surface area contributed by atoms with Crippen LogP contribution in [0.25, 0.3) is 0 Å². The molecule has 0 bridgehead atoms. The van der Waals surface area contributed by atoms with E-state index in [4.69, 9.17) is 0 Å². The van der Waals surface area contributed by atoms with Gasteiger partial charge in [0.05, 0.1) is 5.69 Å². The lowest BCUT2D eigenvalue weighted by atomic mass is 10.0. The third-order valence-electron chi connectivity index (χ3n) is 2.45. The number of carbonyl (C=O) groups excluding carboxylic acids is 1. The number of ketones is 1. The third kappa shape index (κ3) is 2.41. The molecule has 0 unspecified atom stereocenters. The molecule has 1 aromatic heterocycles. The van der Waals surface area contributed by atoms with E-state index in [9.17, 15) is 4.79 Å². The lowest BCUT2D eigenvalue weighted by Gasteiger charge is -2.07. The molecule has 1 heterocycles. The van der Waals surface area contributed by atoms with E-state index < -0.39 is 0 Å². The summed E-state index contributed by atoms with van der Waals surface area (Å²) in [7, 11) is 0. The van der Waals surface area contributed by atoms with Crippen LogP contribution in [0.1, 0.15) is 30.2 Å². The van der Waals surface area contributed by atoms with Crippen molar-refractivity contribution in [3.05, 3.63) is 27.5 Å². The molecule has 0 amide bonds. The molecule has 14 heavy (non-hydrogen) atoms. The number of hydrogen-bond donors (Lipinski definition) is 0. The zero-order valence-electron chi connectivity index (χ0n) is 8.72. The van der Waals surface area contributed by atoms with Gasteiger partial charge >= 0.3 is 0 Å². The van der Waals surface area contributed by atoms with Crippen molar-refractivity contribution in [3.63, 3.8) is 0 Å². The van der Waals surface area contributed by atoms with Crippen molar-refractivity contribution in [2.45, 2.75) is 33.6 Å². The summed E-state index contributed by atoms with van der Waals surface area (Å²) in [5.74, 6) is 0.238. The number of rotatable bonds is 3. The fourth-order valence-corrected chi connectivity index (χ4v) is 1.61. The van der Waals surface area contributed by atoms with Crippen LogP contribution in [0.4, 0.5) is 0 Å². The van der Waals surface area contributed by atoms with E-state index in [0.717, 1.165) is 15.7 Å². The van der Waals surface area contributed by atoms with Crippen molar-refractivity contribution in [1.29, 1.82) is 0 Å². The first-order valence-corrected chi connectivity index (χ1v) is 5.47. The highest BCUT2D eigenvalue weighted by Gasteiger charge is 2.09. The molecule has 0 N–H and O–H groups in total. The number of pyridine rings is 1. The second-order valence-electron chi connectivity index (χ2n) is 3.37. The van der Waals surface area contributed by atoms with E-state index in [1.165, 1.54) is 5.56 Å². The quantitative estimate of drug-likeness (QED) is 0.832. The number of carbonyl (C=O) groups is 1. The lowest BCUT2D eigenvalue weighted by molar-refractivity contribution is -0.118. The van der Waals surface area contributed by atoms with Gasteiger partial charge in [0.1, 0.15) is 5.78 Å². The number of hydrogen-bond acceptors (Lipinski definition) is 2. The van der Waals surface area contributed by atoms with Gasteiger partial charge in [0.15, 0.2) is 0 Å². The van der Waals surface area contributed by atoms with Crippen molar-refractivity contribution in [3.8, 4) is 0 Å². The first kappa shape index (κ1) is 11.4. The van der Waals surface area contributed by atoms with Gasteiger partial charge in [-0.2, -0.15) is 0 Å². The second kappa shape index (κ2) is 4.69. The van der Waals surface area contributed by atoms with E-state index in [0.29, 0.717) is 12.8 Å². The zero-order valence-corrected chi connectivity index (χ0v) is 10.3. The molecular formula is C11H14BrNO. The van der Waals surface area contributed by atoms with Gasteiger partial charge in [-0.25, -0.2) is 0 Å². The molecule has 1 rings (SSSR count). The summed E-state index contributed by atoms with van der Waals surface area (Å²) in [4.78, 5) is 15.5. The summed E-state index contributed by atoms with van der Waals surface area (Å²) in [6.07, 6.45) is 2.80. The van der Waals surface area contributed by atoms with Gasteiger partial charge < -0.3 is 0 Å². The maximum Gasteiger partial charge on any atom is 0.138 e. The molecule has 3 heteroatoms. The Morgan fingerprint density at radius 3 is 2.64 bits per heavy atom. The summed E-state index contributed by atoms with van der Waals surface area (Å²) < 4.78 is 1.00. The van der Waals surface area contributed by atoms with Crippen LogP contribution in [0, 0.1) is 13.8 Å². The highest BCUT2D eigenvalue weighted by molar-refractivity contribution is 9.10. The summed E-state index contributed by atoms with van der Waals surface area (Å²) in [6, 6.07) is 0. The average Bonchev–Trinajstić information content (AvgIpc) is 2.19. The smallest absolute Gasteiger partial charge is 0.138 e. The minimum absolute atomic E-state index is 0.238. The average molecular weight is 256 g/mol. The van der Waals surface area contributed by atoms with Crippen LogP contribution in [0.5, 0.6) is 0 Å². The largest absolute Gasteiger partial charge is 0.299 e. The summed E-state index contributed by atoms with van der Waals surface area (Å²) >= 11 is 3.42. The van der Waals surface area contributed by atoms with Gasteiger partial charge in [0.25, 0.3) is 0 Å². The molecule has 0 aromatic carbocycles. The van der Waals surface area contributed by atoms with Gasteiger partial charge in [-0.15, -0.1) is 0 Å². The molecule has 0 radical (unpaired) electrons.